The van der Waals surface area contributed by atoms with Gasteiger partial charge in [0.05, 0.1) is 19.2 Å². The molecule has 0 aromatic carbocycles. The third kappa shape index (κ3) is 6.01. The van der Waals surface area contributed by atoms with Crippen molar-refractivity contribution >= 4 is 11.8 Å². The number of nitrogens with one attached hydrogen (secondary N) is 1. The smallest absolute Gasteiger partial charge is 0.239 e. The predicted molar refractivity (Wildman–Crippen MR) is 81.8 cm³/mol. The second kappa shape index (κ2) is 9.00. The molecule has 122 valence electrons. The topological polar surface area (TPSA) is 72.9 Å². The summed E-state index contributed by atoms with van der Waals surface area (Å²) in [5, 5.41) is 12.8. The Morgan fingerprint density at radius 1 is 1.19 bits per heavy atom. The first kappa shape index (κ1) is 17.9. The first-order valence-electron chi connectivity index (χ1n) is 7.84. The molecule has 0 spiro atoms. The molecular formula is C15H29N3O3. The van der Waals surface area contributed by atoms with Crippen LogP contribution in [0.15, 0.2) is 0 Å². The molecule has 0 heterocycles. The van der Waals surface area contributed by atoms with E-state index >= 15 is 0 Å². The SMILES string of the molecule is CCCNC(=O)CN(C)C(=O)CN(C)C1CCCCC1O. The molecule has 0 aromatic heterocycles. The van der Waals surface area contributed by atoms with Crippen LogP contribution in [-0.4, -0.2) is 72.6 Å². The Hall–Kier alpha value is -1.14. The Kier molecular flexibility index (Phi) is 7.67. The van der Waals surface area contributed by atoms with Gasteiger partial charge < -0.3 is 15.3 Å². The number of nitrogens with zero attached hydrogens (tertiary/aromatic N) is 2. The Balaban J connectivity index is 2.38. The lowest BCUT2D eigenvalue weighted by atomic mass is 9.91. The second-order valence-electron chi connectivity index (χ2n) is 5.93. The van der Waals surface area contributed by atoms with E-state index in [-0.39, 0.29) is 37.0 Å². The molecule has 6 heteroatoms. The summed E-state index contributed by atoms with van der Waals surface area (Å²) in [6.45, 7) is 2.94. The highest BCUT2D eigenvalue weighted by atomic mass is 16.3. The van der Waals surface area contributed by atoms with Crippen molar-refractivity contribution in [1.82, 2.24) is 15.1 Å². The number of hydrogen-bond donors (Lipinski definition) is 2. The van der Waals surface area contributed by atoms with E-state index in [2.05, 4.69) is 5.32 Å². The molecule has 0 saturated heterocycles. The molecule has 21 heavy (non-hydrogen) atoms. The van der Waals surface area contributed by atoms with Crippen molar-refractivity contribution in [2.75, 3.05) is 33.7 Å². The molecule has 1 rings (SSSR count). The number of aliphatic hydroxyl groups excluding tert-OH is 1. The zero-order valence-electron chi connectivity index (χ0n) is 13.5. The number of likely N-dealkylation sites (N-methyl/N-ethyl adjacent to an activating group) is 2. The maximum absolute atomic E-state index is 12.1. The van der Waals surface area contributed by atoms with E-state index in [1.165, 1.54) is 4.90 Å². The number of rotatable bonds is 7. The first-order chi connectivity index (χ1) is 9.95. The highest BCUT2D eigenvalue weighted by molar-refractivity contribution is 5.85. The highest BCUT2D eigenvalue weighted by Gasteiger charge is 2.28. The van der Waals surface area contributed by atoms with Crippen molar-refractivity contribution in [3.8, 4) is 0 Å². The Morgan fingerprint density at radius 2 is 1.86 bits per heavy atom. The molecule has 0 radical (unpaired) electrons. The number of hydrogen-bond acceptors (Lipinski definition) is 4. The van der Waals surface area contributed by atoms with Crippen LogP contribution in [0.1, 0.15) is 39.0 Å². The summed E-state index contributed by atoms with van der Waals surface area (Å²) in [5.41, 5.74) is 0. The van der Waals surface area contributed by atoms with Gasteiger partial charge in [0, 0.05) is 19.6 Å². The van der Waals surface area contributed by atoms with Crippen molar-refractivity contribution in [3.63, 3.8) is 0 Å². The normalized spacial score (nSPS) is 22.1. The third-order valence-electron chi connectivity index (χ3n) is 4.02. The molecule has 1 fully saturated rings. The van der Waals surface area contributed by atoms with Crippen LogP contribution in [0.25, 0.3) is 0 Å². The molecule has 1 saturated carbocycles. The third-order valence-corrected chi connectivity index (χ3v) is 4.02. The number of carbonyl (C=O) groups is 2. The van der Waals surface area contributed by atoms with Crippen molar-refractivity contribution < 1.29 is 14.7 Å². The molecule has 1 aliphatic rings. The lowest BCUT2D eigenvalue weighted by Crippen LogP contribution is -2.49. The molecule has 0 aromatic rings. The van der Waals surface area contributed by atoms with Gasteiger partial charge in [0.25, 0.3) is 0 Å². The summed E-state index contributed by atoms with van der Waals surface area (Å²) in [5.74, 6) is -0.227. The van der Waals surface area contributed by atoms with Gasteiger partial charge >= 0.3 is 0 Å². The van der Waals surface area contributed by atoms with Crippen molar-refractivity contribution in [1.29, 1.82) is 0 Å². The van der Waals surface area contributed by atoms with Gasteiger partial charge in [-0.05, 0) is 26.3 Å². The van der Waals surface area contributed by atoms with Gasteiger partial charge in [-0.25, -0.2) is 0 Å². The molecule has 2 unspecified atom stereocenters. The maximum Gasteiger partial charge on any atom is 0.239 e. The Bertz CT molecular complexity index is 349. The van der Waals surface area contributed by atoms with Gasteiger partial charge in [0.15, 0.2) is 0 Å². The van der Waals surface area contributed by atoms with Crippen LogP contribution >= 0.6 is 0 Å². The molecule has 0 aliphatic heterocycles. The van der Waals surface area contributed by atoms with E-state index in [0.29, 0.717) is 6.54 Å². The molecule has 2 atom stereocenters. The Morgan fingerprint density at radius 3 is 2.48 bits per heavy atom. The van der Waals surface area contributed by atoms with Crippen LogP contribution in [0.3, 0.4) is 0 Å². The van der Waals surface area contributed by atoms with Crippen molar-refractivity contribution in [2.45, 2.75) is 51.2 Å². The molecular weight excluding hydrogens is 270 g/mol. The van der Waals surface area contributed by atoms with E-state index in [4.69, 9.17) is 0 Å². The van der Waals surface area contributed by atoms with E-state index < -0.39 is 0 Å². The minimum absolute atomic E-state index is 0.0463. The Labute approximate surface area is 127 Å². The molecule has 1 aliphatic carbocycles. The van der Waals surface area contributed by atoms with E-state index in [1.54, 1.807) is 7.05 Å². The minimum Gasteiger partial charge on any atom is -0.391 e. The maximum atomic E-state index is 12.1. The molecule has 2 amide bonds. The first-order valence-corrected chi connectivity index (χ1v) is 7.84. The second-order valence-corrected chi connectivity index (χ2v) is 5.93. The minimum atomic E-state index is -0.352. The summed E-state index contributed by atoms with van der Waals surface area (Å²) in [7, 11) is 3.50. The van der Waals surface area contributed by atoms with Crippen LogP contribution < -0.4 is 5.32 Å². The van der Waals surface area contributed by atoms with Gasteiger partial charge in [0.2, 0.25) is 11.8 Å². The van der Waals surface area contributed by atoms with Gasteiger partial charge in [-0.2, -0.15) is 0 Å². The summed E-state index contributed by atoms with van der Waals surface area (Å²) >= 11 is 0. The zero-order chi connectivity index (χ0) is 15.8. The van der Waals surface area contributed by atoms with Crippen LogP contribution in [0, 0.1) is 0 Å². The van der Waals surface area contributed by atoms with Crippen LogP contribution in [-0.2, 0) is 9.59 Å². The van der Waals surface area contributed by atoms with Gasteiger partial charge in [-0.1, -0.05) is 19.8 Å². The fourth-order valence-electron chi connectivity index (χ4n) is 2.68. The van der Waals surface area contributed by atoms with Gasteiger partial charge in [0.1, 0.15) is 0 Å². The summed E-state index contributed by atoms with van der Waals surface area (Å²) < 4.78 is 0. The summed E-state index contributed by atoms with van der Waals surface area (Å²) in [6, 6.07) is 0.0463. The average molecular weight is 299 g/mol. The van der Waals surface area contributed by atoms with Crippen LogP contribution in [0.4, 0.5) is 0 Å². The van der Waals surface area contributed by atoms with Crippen LogP contribution in [0.5, 0.6) is 0 Å². The lowest BCUT2D eigenvalue weighted by Gasteiger charge is -2.35. The number of carbonyl (C=O) groups excluding carboxylic acids is 2. The fraction of sp³-hybridized carbons (Fsp3) is 0.867. The molecule has 0 bridgehead atoms. The van der Waals surface area contributed by atoms with E-state index in [0.717, 1.165) is 32.1 Å². The average Bonchev–Trinajstić information content (AvgIpc) is 2.45. The molecule has 6 nitrogen and oxygen atoms in total. The standard InChI is InChI=1S/C15H29N3O3/c1-4-9-16-14(20)10-18(3)15(21)11-17(2)12-7-5-6-8-13(12)19/h12-13,19H,4-11H2,1-3H3,(H,16,20). The van der Waals surface area contributed by atoms with Crippen LogP contribution in [0.2, 0.25) is 0 Å². The fourth-order valence-corrected chi connectivity index (χ4v) is 2.68. The van der Waals surface area contributed by atoms with E-state index in [1.807, 2.05) is 18.9 Å². The predicted octanol–water partition coefficient (Wildman–Crippen LogP) is 0.206. The summed E-state index contributed by atoms with van der Waals surface area (Å²) in [6.07, 6.45) is 4.40. The zero-order valence-corrected chi connectivity index (χ0v) is 13.5. The van der Waals surface area contributed by atoms with Crippen molar-refractivity contribution in [2.24, 2.45) is 0 Å². The number of amides is 2. The highest BCUT2D eigenvalue weighted by Crippen LogP contribution is 2.22. The van der Waals surface area contributed by atoms with Gasteiger partial charge in [-0.15, -0.1) is 0 Å². The monoisotopic (exact) mass is 299 g/mol. The largest absolute Gasteiger partial charge is 0.391 e. The van der Waals surface area contributed by atoms with Gasteiger partial charge in [-0.3, -0.25) is 14.5 Å². The lowest BCUT2D eigenvalue weighted by molar-refractivity contribution is -0.136. The molecule has 2 N–H and O–H groups in total. The van der Waals surface area contributed by atoms with Crippen molar-refractivity contribution in [3.05, 3.63) is 0 Å². The van der Waals surface area contributed by atoms with E-state index in [9.17, 15) is 14.7 Å². The quantitative estimate of drug-likeness (QED) is 0.705. The summed E-state index contributed by atoms with van der Waals surface area (Å²) in [4.78, 5) is 27.1. The number of aliphatic hydroxyl groups is 1.